The van der Waals surface area contributed by atoms with E-state index in [0.717, 1.165) is 5.39 Å². The van der Waals surface area contributed by atoms with E-state index in [2.05, 4.69) is 10.4 Å². The molecule has 2 aromatic rings. The number of carbonyl (C=O) groups is 1. The zero-order valence-corrected chi connectivity index (χ0v) is 15.4. The predicted molar refractivity (Wildman–Crippen MR) is 97.4 cm³/mol. The number of ether oxygens (including phenoxy) is 1. The maximum Gasteiger partial charge on any atom is 0.407 e. The monoisotopic (exact) mass is 361 g/mol. The number of amides is 1. The largest absolute Gasteiger partial charge is 0.444 e. The van der Waals surface area contributed by atoms with Crippen LogP contribution in [0.25, 0.3) is 10.9 Å². The van der Waals surface area contributed by atoms with Gasteiger partial charge in [0.15, 0.2) is 0 Å². The van der Waals surface area contributed by atoms with Crippen LogP contribution in [-0.4, -0.2) is 45.5 Å². The van der Waals surface area contributed by atoms with E-state index in [-0.39, 0.29) is 16.7 Å². The van der Waals surface area contributed by atoms with E-state index in [4.69, 9.17) is 4.74 Å². The van der Waals surface area contributed by atoms with Gasteiger partial charge in [-0.3, -0.25) is 14.8 Å². The Kier molecular flexibility index (Phi) is 4.47. The Bertz CT molecular complexity index is 855. The molecule has 2 heterocycles. The summed E-state index contributed by atoms with van der Waals surface area (Å²) in [5.41, 5.74) is 0.733. The van der Waals surface area contributed by atoms with Crippen molar-refractivity contribution in [2.75, 3.05) is 18.0 Å². The van der Waals surface area contributed by atoms with Gasteiger partial charge in [0.05, 0.1) is 21.9 Å². The van der Waals surface area contributed by atoms with Gasteiger partial charge in [0.1, 0.15) is 11.3 Å². The molecule has 0 saturated carbocycles. The maximum atomic E-state index is 12.0. The van der Waals surface area contributed by atoms with Gasteiger partial charge in [-0.2, -0.15) is 5.10 Å². The highest BCUT2D eigenvalue weighted by Gasteiger charge is 2.31. The van der Waals surface area contributed by atoms with Gasteiger partial charge in [-0.25, -0.2) is 4.79 Å². The van der Waals surface area contributed by atoms with E-state index in [9.17, 15) is 14.9 Å². The van der Waals surface area contributed by atoms with Gasteiger partial charge in [-0.15, -0.1) is 0 Å². The Labute approximate surface area is 151 Å². The minimum atomic E-state index is -0.567. The first kappa shape index (κ1) is 18.0. The van der Waals surface area contributed by atoms with Crippen LogP contribution in [0, 0.1) is 10.1 Å². The minimum Gasteiger partial charge on any atom is -0.444 e. The fourth-order valence-electron chi connectivity index (χ4n) is 3.22. The van der Waals surface area contributed by atoms with Gasteiger partial charge >= 0.3 is 6.09 Å². The number of benzene rings is 1. The summed E-state index contributed by atoms with van der Waals surface area (Å²) in [7, 11) is 1.78. The van der Waals surface area contributed by atoms with Crippen LogP contribution in [0.15, 0.2) is 18.3 Å². The number of aromatic nitrogens is 2. The average Bonchev–Trinajstić information content (AvgIpc) is 3.09. The maximum absolute atomic E-state index is 12.0. The first-order valence-electron chi connectivity index (χ1n) is 8.49. The van der Waals surface area contributed by atoms with Crippen LogP contribution in [0.1, 0.15) is 27.2 Å². The SMILES string of the molecule is Cn1cc2c(N3CCC(NC(=O)OC(C)(C)C)C3)c([N+](=O)[O-])ccc2n1. The van der Waals surface area contributed by atoms with Crippen molar-refractivity contribution in [2.24, 2.45) is 7.05 Å². The Balaban J connectivity index is 1.83. The Morgan fingerprint density at radius 1 is 1.42 bits per heavy atom. The summed E-state index contributed by atoms with van der Waals surface area (Å²) >= 11 is 0. The number of rotatable bonds is 3. The summed E-state index contributed by atoms with van der Waals surface area (Å²) in [6.07, 6.45) is 2.00. The zero-order chi connectivity index (χ0) is 19.1. The molecule has 9 nitrogen and oxygen atoms in total. The number of nitro groups is 1. The molecule has 140 valence electrons. The van der Waals surface area contributed by atoms with Gasteiger partial charge in [0.2, 0.25) is 0 Å². The molecule has 1 amide bonds. The Morgan fingerprint density at radius 2 is 2.15 bits per heavy atom. The van der Waals surface area contributed by atoms with Crippen LogP contribution in [0.4, 0.5) is 16.2 Å². The summed E-state index contributed by atoms with van der Waals surface area (Å²) in [6.45, 7) is 6.50. The first-order valence-corrected chi connectivity index (χ1v) is 8.49. The number of fused-ring (bicyclic) bond motifs is 1. The number of anilines is 1. The molecule has 1 aliphatic rings. The molecule has 1 fully saturated rings. The summed E-state index contributed by atoms with van der Waals surface area (Å²) in [6, 6.07) is 3.01. The number of hydrogen-bond donors (Lipinski definition) is 1. The van der Waals surface area contributed by atoms with Crippen molar-refractivity contribution in [2.45, 2.75) is 38.8 Å². The van der Waals surface area contributed by atoms with Crippen molar-refractivity contribution in [3.05, 3.63) is 28.4 Å². The third-order valence-corrected chi connectivity index (χ3v) is 4.18. The number of nitrogens with one attached hydrogen (secondary N) is 1. The fraction of sp³-hybridized carbons (Fsp3) is 0.529. The molecule has 26 heavy (non-hydrogen) atoms. The highest BCUT2D eigenvalue weighted by Crippen LogP contribution is 2.37. The molecule has 0 radical (unpaired) electrons. The Hall–Kier alpha value is -2.84. The number of alkyl carbamates (subject to hydrolysis) is 1. The second-order valence-corrected chi connectivity index (χ2v) is 7.50. The van der Waals surface area contributed by atoms with Crippen LogP contribution >= 0.6 is 0 Å². The van der Waals surface area contributed by atoms with Crippen molar-refractivity contribution in [1.82, 2.24) is 15.1 Å². The third kappa shape index (κ3) is 3.71. The van der Waals surface area contributed by atoms with Gasteiger partial charge < -0.3 is 15.0 Å². The molecule has 1 atom stereocenters. The lowest BCUT2D eigenvalue weighted by Crippen LogP contribution is -2.40. The molecule has 1 aliphatic heterocycles. The predicted octanol–water partition coefficient (Wildman–Crippen LogP) is 2.58. The number of nitro benzene ring substituents is 1. The second kappa shape index (κ2) is 6.47. The lowest BCUT2D eigenvalue weighted by molar-refractivity contribution is -0.384. The van der Waals surface area contributed by atoms with Crippen LogP contribution in [0.3, 0.4) is 0 Å². The molecule has 0 spiro atoms. The van der Waals surface area contributed by atoms with Crippen LogP contribution in [-0.2, 0) is 11.8 Å². The molecule has 3 rings (SSSR count). The summed E-state index contributed by atoms with van der Waals surface area (Å²) in [4.78, 5) is 25.0. The molecular formula is C17H23N5O4. The quantitative estimate of drug-likeness (QED) is 0.666. The van der Waals surface area contributed by atoms with E-state index in [1.807, 2.05) is 4.90 Å². The standard InChI is InChI=1S/C17H23N5O4/c1-17(2,3)26-16(23)18-11-7-8-21(9-11)15-12-10-20(4)19-13(12)5-6-14(15)22(24)25/h5-6,10-11H,7-9H2,1-4H3,(H,18,23). The molecule has 1 aromatic carbocycles. The van der Waals surface area contributed by atoms with E-state index >= 15 is 0 Å². The van der Waals surface area contributed by atoms with Crippen LogP contribution in [0.5, 0.6) is 0 Å². The Morgan fingerprint density at radius 3 is 2.81 bits per heavy atom. The third-order valence-electron chi connectivity index (χ3n) is 4.18. The molecular weight excluding hydrogens is 338 g/mol. The van der Waals surface area contributed by atoms with Crippen molar-refractivity contribution < 1.29 is 14.5 Å². The highest BCUT2D eigenvalue weighted by atomic mass is 16.6. The number of aryl methyl sites for hydroxylation is 1. The molecule has 9 heteroatoms. The van der Waals surface area contributed by atoms with E-state index in [0.29, 0.717) is 30.7 Å². The lowest BCUT2D eigenvalue weighted by atomic mass is 10.1. The molecule has 1 saturated heterocycles. The normalized spacial score (nSPS) is 17.5. The number of nitrogens with zero attached hydrogens (tertiary/aromatic N) is 4. The van der Waals surface area contributed by atoms with Gasteiger partial charge in [0.25, 0.3) is 5.69 Å². The second-order valence-electron chi connectivity index (χ2n) is 7.50. The minimum absolute atomic E-state index is 0.0448. The molecule has 0 aliphatic carbocycles. The van der Waals surface area contributed by atoms with Crippen LogP contribution in [0.2, 0.25) is 0 Å². The van der Waals surface area contributed by atoms with Crippen molar-refractivity contribution in [3.8, 4) is 0 Å². The number of carbonyl (C=O) groups excluding carboxylic acids is 1. The topological polar surface area (TPSA) is 103 Å². The van der Waals surface area contributed by atoms with Crippen molar-refractivity contribution in [1.29, 1.82) is 0 Å². The van der Waals surface area contributed by atoms with Gasteiger partial charge in [0, 0.05) is 32.4 Å². The van der Waals surface area contributed by atoms with Crippen molar-refractivity contribution >= 4 is 28.4 Å². The summed E-state index contributed by atoms with van der Waals surface area (Å²) in [5, 5.41) is 19.4. The average molecular weight is 361 g/mol. The summed E-state index contributed by atoms with van der Waals surface area (Å²) in [5.74, 6) is 0. The molecule has 1 N–H and O–H groups in total. The van der Waals surface area contributed by atoms with Gasteiger partial charge in [-0.1, -0.05) is 0 Å². The molecule has 1 unspecified atom stereocenters. The van der Waals surface area contributed by atoms with E-state index < -0.39 is 11.7 Å². The smallest absolute Gasteiger partial charge is 0.407 e. The fourth-order valence-corrected chi connectivity index (χ4v) is 3.22. The molecule has 1 aromatic heterocycles. The highest BCUT2D eigenvalue weighted by molar-refractivity contribution is 5.97. The van der Waals surface area contributed by atoms with Gasteiger partial charge in [-0.05, 0) is 33.3 Å². The van der Waals surface area contributed by atoms with E-state index in [1.165, 1.54) is 6.07 Å². The van der Waals surface area contributed by atoms with E-state index in [1.54, 1.807) is 44.8 Å². The first-order chi connectivity index (χ1) is 12.1. The van der Waals surface area contributed by atoms with Crippen LogP contribution < -0.4 is 10.2 Å². The van der Waals surface area contributed by atoms with Crippen molar-refractivity contribution in [3.63, 3.8) is 0 Å². The lowest BCUT2D eigenvalue weighted by Gasteiger charge is -2.22. The zero-order valence-electron chi connectivity index (χ0n) is 15.4. The summed E-state index contributed by atoms with van der Waals surface area (Å²) < 4.78 is 6.93. The molecule has 0 bridgehead atoms. The number of hydrogen-bond acceptors (Lipinski definition) is 6.